The third-order valence-electron chi connectivity index (χ3n) is 7.06. The molecule has 2 unspecified atom stereocenters. The molecular weight excluding hydrogens is 548 g/mol. The van der Waals surface area contributed by atoms with Gasteiger partial charge in [-0.25, -0.2) is 9.59 Å². The average Bonchev–Trinajstić information content (AvgIpc) is 2.96. The van der Waals surface area contributed by atoms with Crippen molar-refractivity contribution in [3.63, 3.8) is 0 Å². The number of aliphatic hydroxyl groups excluding tert-OH is 1. The number of esters is 2. The minimum atomic E-state index is -1.87. The van der Waals surface area contributed by atoms with E-state index in [0.717, 1.165) is 0 Å². The highest BCUT2D eigenvalue weighted by Gasteiger charge is 2.54. The van der Waals surface area contributed by atoms with Gasteiger partial charge in [-0.2, -0.15) is 0 Å². The van der Waals surface area contributed by atoms with Crippen LogP contribution in [-0.2, 0) is 23.7 Å². The van der Waals surface area contributed by atoms with Gasteiger partial charge < -0.3 is 59.4 Å². The number of phenolic OH excluding ortho intramolecular Hbond substituents is 6. The van der Waals surface area contributed by atoms with Crippen LogP contribution >= 0.6 is 0 Å². The van der Waals surface area contributed by atoms with Gasteiger partial charge in [0.1, 0.15) is 12.2 Å². The molecule has 0 radical (unpaired) electrons. The van der Waals surface area contributed by atoms with Crippen LogP contribution in [0.15, 0.2) is 42.5 Å². The molecule has 0 aromatic heterocycles. The highest BCUT2D eigenvalue weighted by atomic mass is 16.7. The van der Waals surface area contributed by atoms with Crippen LogP contribution in [0.3, 0.4) is 0 Å². The van der Waals surface area contributed by atoms with Crippen LogP contribution in [0.25, 0.3) is 11.1 Å². The predicted molar refractivity (Wildman–Crippen MR) is 131 cm³/mol. The fourth-order valence-electron chi connectivity index (χ4n) is 5.09. The number of aliphatic hydroxyl groups is 1. The van der Waals surface area contributed by atoms with Gasteiger partial charge in [0.2, 0.25) is 11.5 Å². The zero-order chi connectivity index (χ0) is 29.2. The Hall–Kier alpha value is -4.76. The van der Waals surface area contributed by atoms with Gasteiger partial charge in [0.15, 0.2) is 47.8 Å². The Morgan fingerprint density at radius 1 is 0.659 bits per heavy atom. The van der Waals surface area contributed by atoms with Gasteiger partial charge in [-0.05, 0) is 12.1 Å². The van der Waals surface area contributed by atoms with Gasteiger partial charge in [-0.3, -0.25) is 0 Å². The van der Waals surface area contributed by atoms with Crippen LogP contribution in [0.4, 0.5) is 0 Å². The van der Waals surface area contributed by atoms with E-state index in [1.54, 1.807) is 30.3 Å². The van der Waals surface area contributed by atoms with Crippen LogP contribution in [-0.4, -0.2) is 85.0 Å². The number of aromatic hydroxyl groups is 6. The largest absolute Gasteiger partial charge is 0.504 e. The van der Waals surface area contributed by atoms with E-state index in [0.29, 0.717) is 17.7 Å². The number of hydrogen-bond acceptors (Lipinski definition) is 14. The maximum absolute atomic E-state index is 13.6. The summed E-state index contributed by atoms with van der Waals surface area (Å²) >= 11 is 0. The van der Waals surface area contributed by atoms with Crippen molar-refractivity contribution in [2.24, 2.45) is 0 Å². The molecule has 6 atom stereocenters. The molecular formula is C27H22O14. The Morgan fingerprint density at radius 2 is 1.20 bits per heavy atom. The molecule has 41 heavy (non-hydrogen) atoms. The predicted octanol–water partition coefficient (Wildman–Crippen LogP) is 1.48. The van der Waals surface area contributed by atoms with E-state index < -0.39 is 106 Å². The minimum absolute atomic E-state index is 0.119. The summed E-state index contributed by atoms with van der Waals surface area (Å²) in [6.07, 6.45) is -8.30. The highest BCUT2D eigenvalue weighted by molar-refractivity contribution is 6.08. The van der Waals surface area contributed by atoms with Gasteiger partial charge >= 0.3 is 11.9 Å². The number of hydrogen-bond donors (Lipinski definition) is 7. The van der Waals surface area contributed by atoms with Crippen molar-refractivity contribution in [3.8, 4) is 45.6 Å². The maximum atomic E-state index is 13.6. The quantitative estimate of drug-likeness (QED) is 0.163. The molecule has 6 rings (SSSR count). The molecule has 3 heterocycles. The molecule has 0 bridgehead atoms. The lowest BCUT2D eigenvalue weighted by Gasteiger charge is -2.47. The van der Waals surface area contributed by atoms with Gasteiger partial charge in [-0.1, -0.05) is 30.3 Å². The van der Waals surface area contributed by atoms with E-state index in [4.69, 9.17) is 23.7 Å². The van der Waals surface area contributed by atoms with E-state index >= 15 is 0 Å². The van der Waals surface area contributed by atoms with Crippen molar-refractivity contribution >= 4 is 11.9 Å². The Morgan fingerprint density at radius 3 is 1.76 bits per heavy atom. The van der Waals surface area contributed by atoms with Gasteiger partial charge in [0, 0.05) is 16.7 Å². The normalized spacial score (nSPS) is 27.3. The fourth-order valence-corrected chi connectivity index (χ4v) is 5.09. The molecule has 0 saturated carbocycles. The summed E-state index contributed by atoms with van der Waals surface area (Å²) in [6, 6.07) is 10.1. The van der Waals surface area contributed by atoms with E-state index in [2.05, 4.69) is 0 Å². The van der Waals surface area contributed by atoms with Crippen molar-refractivity contribution in [1.82, 2.24) is 0 Å². The summed E-state index contributed by atoms with van der Waals surface area (Å²) in [6.45, 7) is -0.119. The number of carbonyl (C=O) groups is 2. The first-order valence-electron chi connectivity index (χ1n) is 12.2. The number of carbonyl (C=O) groups excluding carboxylic acids is 2. The number of phenols is 6. The van der Waals surface area contributed by atoms with Crippen molar-refractivity contribution < 1.29 is 69.0 Å². The first-order chi connectivity index (χ1) is 19.6. The smallest absolute Gasteiger partial charge is 0.339 e. The van der Waals surface area contributed by atoms with E-state index in [9.17, 15) is 45.3 Å². The van der Waals surface area contributed by atoms with Gasteiger partial charge in [-0.15, -0.1) is 0 Å². The summed E-state index contributed by atoms with van der Waals surface area (Å²) in [7, 11) is 0. The molecule has 7 N–H and O–H groups in total. The fraction of sp³-hybridized carbons (Fsp3) is 0.259. The first kappa shape index (κ1) is 26.5. The molecule has 214 valence electrons. The molecule has 3 aliphatic rings. The minimum Gasteiger partial charge on any atom is -0.504 e. The lowest BCUT2D eigenvalue weighted by molar-refractivity contribution is -0.353. The molecule has 0 aliphatic carbocycles. The molecule has 14 nitrogen and oxygen atoms in total. The molecule has 14 heteroatoms. The second-order valence-electron chi connectivity index (χ2n) is 9.51. The molecule has 3 aromatic rings. The Bertz CT molecular complexity index is 1550. The zero-order valence-electron chi connectivity index (χ0n) is 20.7. The maximum Gasteiger partial charge on any atom is 0.339 e. The Balaban J connectivity index is 1.52. The monoisotopic (exact) mass is 570 g/mol. The average molecular weight is 570 g/mol. The summed E-state index contributed by atoms with van der Waals surface area (Å²) in [5.74, 6) is -9.16. The van der Waals surface area contributed by atoms with E-state index in [1.807, 2.05) is 0 Å². The lowest BCUT2D eigenvalue weighted by Crippen LogP contribution is -2.63. The standard InChI is InChI=1S/C27H22O14/c28-12-6-10-15(19(32)17(12)30)16-11(7-13(29)18(31)20(16)33)25(35)40-23-22(39-24(10)34)21-14(38-26(23)36)8-37-27(41-21)9-4-2-1-3-5-9/h1-7,14,21-23,26-33,36H,8H2/t14-,21-,22+,23-,26?,27?/m1/s1. The lowest BCUT2D eigenvalue weighted by atomic mass is 9.91. The Kier molecular flexibility index (Phi) is 6.26. The Labute approximate surface area is 229 Å². The summed E-state index contributed by atoms with van der Waals surface area (Å²) in [5, 5.41) is 72.9. The van der Waals surface area contributed by atoms with Crippen molar-refractivity contribution in [1.29, 1.82) is 0 Å². The summed E-state index contributed by atoms with van der Waals surface area (Å²) < 4.78 is 28.4. The van der Waals surface area contributed by atoms with Crippen LogP contribution in [0.2, 0.25) is 0 Å². The van der Waals surface area contributed by atoms with Gasteiger partial charge in [0.05, 0.1) is 17.7 Å². The highest BCUT2D eigenvalue weighted by Crippen LogP contribution is 2.53. The SMILES string of the molecule is O=C1O[C@H]2[C@@H]3OC(c4ccccc4)OC[C@H]3OC(O)[C@@H]2OC(=O)c2cc(O)c(O)c(O)c2-c2c1cc(O)c(O)c2O. The van der Waals surface area contributed by atoms with E-state index in [-0.39, 0.29) is 6.61 Å². The zero-order valence-corrected chi connectivity index (χ0v) is 20.7. The van der Waals surface area contributed by atoms with E-state index in [1.165, 1.54) is 0 Å². The van der Waals surface area contributed by atoms with Crippen molar-refractivity contribution in [2.75, 3.05) is 6.61 Å². The van der Waals surface area contributed by atoms with Crippen molar-refractivity contribution in [2.45, 2.75) is 37.0 Å². The second-order valence-corrected chi connectivity index (χ2v) is 9.51. The molecule has 2 fully saturated rings. The van der Waals surface area contributed by atoms with Crippen LogP contribution < -0.4 is 0 Å². The number of rotatable bonds is 1. The number of benzene rings is 3. The first-order valence-corrected chi connectivity index (χ1v) is 12.2. The van der Waals surface area contributed by atoms with Crippen LogP contribution in [0.1, 0.15) is 32.6 Å². The number of fused-ring (bicyclic) bond motifs is 6. The third kappa shape index (κ3) is 4.20. The molecule has 0 amide bonds. The molecule has 3 aromatic carbocycles. The molecule has 2 saturated heterocycles. The number of ether oxygens (including phenoxy) is 5. The third-order valence-corrected chi connectivity index (χ3v) is 7.06. The van der Waals surface area contributed by atoms with Crippen LogP contribution in [0, 0.1) is 0 Å². The van der Waals surface area contributed by atoms with Crippen LogP contribution in [0.5, 0.6) is 34.5 Å². The molecule has 0 spiro atoms. The second kappa shape index (κ2) is 9.71. The topological polar surface area (TPSA) is 222 Å². The summed E-state index contributed by atoms with van der Waals surface area (Å²) in [4.78, 5) is 27.1. The van der Waals surface area contributed by atoms with Gasteiger partial charge in [0.25, 0.3) is 0 Å². The molecule has 3 aliphatic heterocycles. The summed E-state index contributed by atoms with van der Waals surface area (Å²) in [5.41, 5.74) is -2.25. The van der Waals surface area contributed by atoms with Crippen molar-refractivity contribution in [3.05, 3.63) is 59.2 Å².